The zero-order valence-electron chi connectivity index (χ0n) is 14.1. The summed E-state index contributed by atoms with van der Waals surface area (Å²) in [5, 5.41) is 2.83. The minimum Gasteiger partial charge on any atom is -0.489 e. The van der Waals surface area contributed by atoms with Crippen LogP contribution in [-0.4, -0.2) is 24.0 Å². The molecule has 1 amide bonds. The number of hydrogen-bond acceptors (Lipinski definition) is 4. The number of esters is 1. The molecular weight excluding hydrogens is 318 g/mol. The molecule has 0 saturated heterocycles. The van der Waals surface area contributed by atoms with Crippen molar-refractivity contribution in [3.63, 3.8) is 0 Å². The molecule has 1 aliphatic carbocycles. The maximum absolute atomic E-state index is 12.4. The lowest BCUT2D eigenvalue weighted by atomic mass is 10.1. The molecule has 1 N–H and O–H groups in total. The Labute approximate surface area is 147 Å². The third kappa shape index (κ3) is 4.83. The fourth-order valence-electron chi connectivity index (χ4n) is 2.35. The molecule has 1 saturated carbocycles. The second kappa shape index (κ2) is 7.83. The van der Waals surface area contributed by atoms with E-state index in [1.165, 1.54) is 0 Å². The molecule has 25 heavy (non-hydrogen) atoms. The minimum atomic E-state index is -0.823. The number of rotatable bonds is 7. The van der Waals surface area contributed by atoms with E-state index < -0.39 is 12.1 Å². The average Bonchev–Trinajstić information content (AvgIpc) is 3.45. The molecule has 0 aliphatic heterocycles. The van der Waals surface area contributed by atoms with Gasteiger partial charge in [-0.15, -0.1) is 0 Å². The van der Waals surface area contributed by atoms with Crippen LogP contribution in [0, 0.1) is 0 Å². The zero-order chi connectivity index (χ0) is 17.6. The summed E-state index contributed by atoms with van der Waals surface area (Å²) in [5.74, 6) is -0.0533. The highest BCUT2D eigenvalue weighted by Crippen LogP contribution is 2.19. The first-order chi connectivity index (χ1) is 12.1. The van der Waals surface area contributed by atoms with E-state index in [0.717, 1.165) is 18.6 Å². The van der Waals surface area contributed by atoms with Crippen LogP contribution >= 0.6 is 0 Å². The second-order valence-electron chi connectivity index (χ2n) is 6.09. The molecule has 2 aromatic carbocycles. The van der Waals surface area contributed by atoms with E-state index in [0.29, 0.717) is 11.1 Å². The van der Waals surface area contributed by atoms with Gasteiger partial charge in [0.15, 0.2) is 6.10 Å². The summed E-state index contributed by atoms with van der Waals surface area (Å²) in [5.41, 5.74) is 1.12. The Balaban J connectivity index is 1.62. The van der Waals surface area contributed by atoms with Crippen molar-refractivity contribution < 1.29 is 19.1 Å². The van der Waals surface area contributed by atoms with Crippen molar-refractivity contribution >= 4 is 11.9 Å². The Morgan fingerprint density at radius 2 is 1.76 bits per heavy atom. The molecule has 5 heteroatoms. The van der Waals surface area contributed by atoms with E-state index in [1.807, 2.05) is 42.5 Å². The van der Waals surface area contributed by atoms with Crippen molar-refractivity contribution in [2.75, 3.05) is 0 Å². The highest BCUT2D eigenvalue weighted by Gasteiger charge is 2.27. The molecule has 130 valence electrons. The Hall–Kier alpha value is -2.82. The average molecular weight is 339 g/mol. The van der Waals surface area contributed by atoms with E-state index in [1.54, 1.807) is 19.1 Å². The first-order valence-corrected chi connectivity index (χ1v) is 8.40. The minimum absolute atomic E-state index is 0.236. The van der Waals surface area contributed by atoms with Crippen molar-refractivity contribution in [1.29, 1.82) is 0 Å². The van der Waals surface area contributed by atoms with Crippen LogP contribution in [0.2, 0.25) is 0 Å². The SMILES string of the molecule is C[C@@H](OC(=O)c1ccccc1COc1ccccc1)C(=O)NC1CC1. The van der Waals surface area contributed by atoms with Gasteiger partial charge in [-0.05, 0) is 38.0 Å². The molecule has 1 fully saturated rings. The molecule has 5 nitrogen and oxygen atoms in total. The van der Waals surface area contributed by atoms with Crippen LogP contribution < -0.4 is 10.1 Å². The van der Waals surface area contributed by atoms with Crippen LogP contribution in [0.25, 0.3) is 0 Å². The maximum atomic E-state index is 12.4. The third-order valence-corrected chi connectivity index (χ3v) is 3.95. The van der Waals surface area contributed by atoms with Gasteiger partial charge in [-0.2, -0.15) is 0 Å². The Bertz CT molecular complexity index is 740. The van der Waals surface area contributed by atoms with Gasteiger partial charge < -0.3 is 14.8 Å². The van der Waals surface area contributed by atoms with Gasteiger partial charge in [-0.1, -0.05) is 36.4 Å². The maximum Gasteiger partial charge on any atom is 0.339 e. The van der Waals surface area contributed by atoms with E-state index in [4.69, 9.17) is 9.47 Å². The molecule has 0 heterocycles. The summed E-state index contributed by atoms with van der Waals surface area (Å²) in [6, 6.07) is 16.7. The van der Waals surface area contributed by atoms with Gasteiger partial charge in [0.25, 0.3) is 5.91 Å². The van der Waals surface area contributed by atoms with Gasteiger partial charge in [-0.25, -0.2) is 4.79 Å². The largest absolute Gasteiger partial charge is 0.489 e. The predicted molar refractivity (Wildman–Crippen MR) is 93.3 cm³/mol. The van der Waals surface area contributed by atoms with Gasteiger partial charge in [0, 0.05) is 11.6 Å². The van der Waals surface area contributed by atoms with Crippen molar-refractivity contribution in [3.05, 3.63) is 65.7 Å². The molecule has 0 aromatic heterocycles. The molecular formula is C20H21NO4. The summed E-state index contributed by atoms with van der Waals surface area (Å²) >= 11 is 0. The summed E-state index contributed by atoms with van der Waals surface area (Å²) in [4.78, 5) is 24.4. The molecule has 1 atom stereocenters. The first kappa shape index (κ1) is 17.0. The number of hydrogen-bond donors (Lipinski definition) is 1. The summed E-state index contributed by atoms with van der Waals surface area (Å²) in [7, 11) is 0. The number of ether oxygens (including phenoxy) is 2. The molecule has 3 rings (SSSR count). The van der Waals surface area contributed by atoms with Crippen LogP contribution in [0.15, 0.2) is 54.6 Å². The molecule has 0 radical (unpaired) electrons. The molecule has 0 bridgehead atoms. The van der Waals surface area contributed by atoms with Crippen LogP contribution in [0.4, 0.5) is 0 Å². The summed E-state index contributed by atoms with van der Waals surface area (Å²) in [6.45, 7) is 1.83. The highest BCUT2D eigenvalue weighted by atomic mass is 16.5. The van der Waals surface area contributed by atoms with Gasteiger partial charge in [0.05, 0.1) is 5.56 Å². The zero-order valence-corrected chi connectivity index (χ0v) is 14.1. The number of carbonyl (C=O) groups excluding carboxylic acids is 2. The third-order valence-electron chi connectivity index (χ3n) is 3.95. The van der Waals surface area contributed by atoms with Gasteiger partial charge in [0.1, 0.15) is 12.4 Å². The molecule has 0 unspecified atom stereocenters. The number of para-hydroxylation sites is 1. The van der Waals surface area contributed by atoms with Gasteiger partial charge in [0.2, 0.25) is 0 Å². The molecule has 2 aromatic rings. The standard InChI is InChI=1S/C20H21NO4/c1-14(19(22)21-16-11-12-16)25-20(23)18-10-6-5-7-15(18)13-24-17-8-3-2-4-9-17/h2-10,14,16H,11-13H2,1H3,(H,21,22)/t14-/m1/s1. The number of nitrogens with one attached hydrogen (secondary N) is 1. The fourth-order valence-corrected chi connectivity index (χ4v) is 2.35. The van der Waals surface area contributed by atoms with Gasteiger partial charge in [-0.3, -0.25) is 4.79 Å². The molecule has 1 aliphatic rings. The normalized spacial score (nSPS) is 14.4. The fraction of sp³-hybridized carbons (Fsp3) is 0.300. The smallest absolute Gasteiger partial charge is 0.339 e. The second-order valence-corrected chi connectivity index (χ2v) is 6.09. The van der Waals surface area contributed by atoms with Crippen molar-refractivity contribution in [3.8, 4) is 5.75 Å². The number of carbonyl (C=O) groups is 2. The summed E-state index contributed by atoms with van der Waals surface area (Å²) in [6.07, 6.45) is 1.16. The molecule has 0 spiro atoms. The Kier molecular flexibility index (Phi) is 5.33. The summed E-state index contributed by atoms with van der Waals surface area (Å²) < 4.78 is 11.0. The van der Waals surface area contributed by atoms with Crippen LogP contribution in [0.1, 0.15) is 35.7 Å². The van der Waals surface area contributed by atoms with Crippen LogP contribution in [0.5, 0.6) is 5.75 Å². The Morgan fingerprint density at radius 1 is 1.08 bits per heavy atom. The van der Waals surface area contributed by atoms with E-state index in [9.17, 15) is 9.59 Å². The quantitative estimate of drug-likeness (QED) is 0.787. The number of amides is 1. The highest BCUT2D eigenvalue weighted by molar-refractivity contribution is 5.93. The van der Waals surface area contributed by atoms with Crippen molar-refractivity contribution in [1.82, 2.24) is 5.32 Å². The van der Waals surface area contributed by atoms with E-state index >= 15 is 0 Å². The first-order valence-electron chi connectivity index (χ1n) is 8.40. The van der Waals surface area contributed by atoms with Crippen molar-refractivity contribution in [2.24, 2.45) is 0 Å². The van der Waals surface area contributed by atoms with Crippen LogP contribution in [0.3, 0.4) is 0 Å². The Morgan fingerprint density at radius 3 is 2.48 bits per heavy atom. The van der Waals surface area contributed by atoms with Crippen LogP contribution in [-0.2, 0) is 16.1 Å². The monoisotopic (exact) mass is 339 g/mol. The lowest BCUT2D eigenvalue weighted by Crippen LogP contribution is -2.37. The number of benzene rings is 2. The van der Waals surface area contributed by atoms with Crippen molar-refractivity contribution in [2.45, 2.75) is 38.5 Å². The lowest BCUT2D eigenvalue weighted by Gasteiger charge is -2.15. The van der Waals surface area contributed by atoms with E-state index in [2.05, 4.69) is 5.32 Å². The van der Waals surface area contributed by atoms with Gasteiger partial charge >= 0.3 is 5.97 Å². The lowest BCUT2D eigenvalue weighted by molar-refractivity contribution is -0.129. The predicted octanol–water partition coefficient (Wildman–Crippen LogP) is 3.09. The topological polar surface area (TPSA) is 64.6 Å². The van der Waals surface area contributed by atoms with E-state index in [-0.39, 0.29) is 18.6 Å².